The normalized spacial score (nSPS) is 13.3. The van der Waals surface area contributed by atoms with Crippen LogP contribution in [0.2, 0.25) is 0 Å². The fourth-order valence-electron chi connectivity index (χ4n) is 4.31. The summed E-state index contributed by atoms with van der Waals surface area (Å²) >= 11 is 3.92. The van der Waals surface area contributed by atoms with E-state index in [1.54, 1.807) is 19.1 Å². The van der Waals surface area contributed by atoms with Crippen molar-refractivity contribution in [2.24, 2.45) is 4.99 Å². The number of thiazole rings is 1. The van der Waals surface area contributed by atoms with Gasteiger partial charge in [-0.2, -0.15) is 4.99 Å². The summed E-state index contributed by atoms with van der Waals surface area (Å²) in [5.41, 5.74) is 2.77. The third kappa shape index (κ3) is 6.19. The number of fused-ring (bicyclic) bond motifs is 2. The molecule has 3 aromatic rings. The maximum Gasteiger partial charge on any atom is 0.341 e. The molecule has 2 amide bonds. The number of amides is 2. The molecule has 0 saturated heterocycles. The van der Waals surface area contributed by atoms with E-state index in [-0.39, 0.29) is 29.9 Å². The monoisotopic (exact) mass is 575 g/mol. The van der Waals surface area contributed by atoms with Crippen LogP contribution in [0, 0.1) is 0 Å². The lowest BCUT2D eigenvalue weighted by molar-refractivity contribution is -0.115. The number of aryl methyl sites for hydroxylation is 2. The molecule has 38 heavy (non-hydrogen) atoms. The number of thiophene rings is 1. The molecule has 0 bridgehead atoms. The van der Waals surface area contributed by atoms with E-state index in [4.69, 9.17) is 9.47 Å². The lowest BCUT2D eigenvalue weighted by Crippen LogP contribution is -2.19. The highest BCUT2D eigenvalue weighted by atomic mass is 32.2. The molecule has 1 N–H and O–H groups in total. The minimum absolute atomic E-state index is 0.0322. The highest BCUT2D eigenvalue weighted by Crippen LogP contribution is 2.38. The number of carbonyl (C=O) groups excluding carboxylic acids is 4. The molecular weight excluding hydrogens is 547 g/mol. The Balaban J connectivity index is 1.41. The third-order valence-corrected chi connectivity index (χ3v) is 9.17. The summed E-state index contributed by atoms with van der Waals surface area (Å²) in [4.78, 5) is 55.6. The van der Waals surface area contributed by atoms with E-state index in [1.165, 1.54) is 29.8 Å². The zero-order valence-corrected chi connectivity index (χ0v) is 23.9. The summed E-state index contributed by atoms with van der Waals surface area (Å²) in [5.74, 6) is -1.39. The van der Waals surface area contributed by atoms with E-state index < -0.39 is 11.9 Å². The van der Waals surface area contributed by atoms with Gasteiger partial charge in [-0.05, 0) is 63.3 Å². The van der Waals surface area contributed by atoms with Crippen molar-refractivity contribution in [3.8, 4) is 0 Å². The molecule has 0 aliphatic heterocycles. The Bertz CT molecular complexity index is 1450. The highest BCUT2D eigenvalue weighted by molar-refractivity contribution is 8.00. The SMILES string of the molecule is CCOC(=O)c1c(NC(=O)CSCC(=O)N=c2sc3cc(C(=O)OC)ccc3n2CC)sc2c1CCCC2. The summed E-state index contributed by atoms with van der Waals surface area (Å²) in [7, 11) is 1.33. The number of rotatable bonds is 9. The molecule has 0 spiro atoms. The second-order valence-corrected chi connectivity index (χ2v) is 11.6. The van der Waals surface area contributed by atoms with Crippen LogP contribution in [-0.4, -0.2) is 53.5 Å². The van der Waals surface area contributed by atoms with E-state index in [2.05, 4.69) is 10.3 Å². The van der Waals surface area contributed by atoms with Crippen molar-refractivity contribution < 1.29 is 28.7 Å². The summed E-state index contributed by atoms with van der Waals surface area (Å²) in [6.45, 7) is 4.58. The van der Waals surface area contributed by atoms with Gasteiger partial charge in [0.1, 0.15) is 5.00 Å². The summed E-state index contributed by atoms with van der Waals surface area (Å²) in [6.07, 6.45) is 3.77. The van der Waals surface area contributed by atoms with Crippen molar-refractivity contribution >= 4 is 73.4 Å². The molecule has 0 fully saturated rings. The van der Waals surface area contributed by atoms with Gasteiger partial charge < -0.3 is 19.4 Å². The fraction of sp³-hybridized carbons (Fsp3) is 0.423. The molecule has 1 aromatic carbocycles. The van der Waals surface area contributed by atoms with Crippen LogP contribution in [0.4, 0.5) is 5.00 Å². The lowest BCUT2D eigenvalue weighted by atomic mass is 9.95. The number of methoxy groups -OCH3 is 1. The average Bonchev–Trinajstić information content (AvgIpc) is 3.44. The third-order valence-electron chi connectivity index (χ3n) is 6.00. The first-order chi connectivity index (χ1) is 18.4. The molecule has 1 aliphatic rings. The van der Waals surface area contributed by atoms with Gasteiger partial charge in [0, 0.05) is 11.4 Å². The fourth-order valence-corrected chi connectivity index (χ4v) is 7.36. The molecule has 0 atom stereocenters. The molecule has 2 heterocycles. The molecular formula is C26H29N3O6S3. The van der Waals surface area contributed by atoms with Gasteiger partial charge in [0.2, 0.25) is 5.91 Å². The Labute approximate surface area is 232 Å². The van der Waals surface area contributed by atoms with Crippen LogP contribution in [0.3, 0.4) is 0 Å². The summed E-state index contributed by atoms with van der Waals surface area (Å²) < 4.78 is 12.8. The van der Waals surface area contributed by atoms with E-state index in [0.29, 0.717) is 27.5 Å². The van der Waals surface area contributed by atoms with Crippen LogP contribution < -0.4 is 10.1 Å². The molecule has 202 valence electrons. The van der Waals surface area contributed by atoms with E-state index in [0.717, 1.165) is 58.1 Å². The van der Waals surface area contributed by atoms with Gasteiger partial charge in [0.05, 0.1) is 46.6 Å². The van der Waals surface area contributed by atoms with Crippen molar-refractivity contribution in [3.05, 3.63) is 44.6 Å². The van der Waals surface area contributed by atoms with Gasteiger partial charge in [-0.25, -0.2) is 9.59 Å². The number of thioether (sulfide) groups is 1. The van der Waals surface area contributed by atoms with Crippen molar-refractivity contribution in [3.63, 3.8) is 0 Å². The predicted molar refractivity (Wildman–Crippen MR) is 150 cm³/mol. The number of nitrogens with one attached hydrogen (secondary N) is 1. The Morgan fingerprint density at radius 2 is 1.87 bits per heavy atom. The minimum Gasteiger partial charge on any atom is -0.465 e. The topological polar surface area (TPSA) is 116 Å². The van der Waals surface area contributed by atoms with E-state index >= 15 is 0 Å². The summed E-state index contributed by atoms with van der Waals surface area (Å²) in [5, 5.41) is 3.39. The number of ether oxygens (including phenoxy) is 2. The van der Waals surface area contributed by atoms with Crippen LogP contribution in [0.5, 0.6) is 0 Å². The molecule has 0 unspecified atom stereocenters. The van der Waals surface area contributed by atoms with Crippen LogP contribution in [0.1, 0.15) is 57.8 Å². The Morgan fingerprint density at radius 1 is 1.08 bits per heavy atom. The van der Waals surface area contributed by atoms with Gasteiger partial charge in [-0.15, -0.1) is 23.1 Å². The number of anilines is 1. The second-order valence-electron chi connectivity index (χ2n) is 8.48. The first kappa shape index (κ1) is 28.1. The molecule has 9 nitrogen and oxygen atoms in total. The molecule has 12 heteroatoms. The molecule has 4 rings (SSSR count). The summed E-state index contributed by atoms with van der Waals surface area (Å²) in [6, 6.07) is 5.23. The molecule has 1 aliphatic carbocycles. The average molecular weight is 576 g/mol. The lowest BCUT2D eigenvalue weighted by Gasteiger charge is -2.12. The number of esters is 2. The maximum absolute atomic E-state index is 12.7. The molecule has 0 radical (unpaired) electrons. The number of nitrogens with zero attached hydrogens (tertiary/aromatic N) is 2. The van der Waals surface area contributed by atoms with E-state index in [1.807, 2.05) is 17.6 Å². The molecule has 0 saturated carbocycles. The number of benzene rings is 1. The number of carbonyl (C=O) groups is 4. The van der Waals surface area contributed by atoms with Crippen LogP contribution in [0.15, 0.2) is 23.2 Å². The quantitative estimate of drug-likeness (QED) is 0.376. The first-order valence-corrected chi connectivity index (χ1v) is 15.1. The van der Waals surface area contributed by atoms with Gasteiger partial charge >= 0.3 is 11.9 Å². The first-order valence-electron chi connectivity index (χ1n) is 12.3. The van der Waals surface area contributed by atoms with Gasteiger partial charge in [-0.1, -0.05) is 11.3 Å². The zero-order chi connectivity index (χ0) is 27.2. The smallest absolute Gasteiger partial charge is 0.341 e. The predicted octanol–water partition coefficient (Wildman–Crippen LogP) is 4.43. The minimum atomic E-state index is -0.426. The molecule has 2 aromatic heterocycles. The Kier molecular flexibility index (Phi) is 9.40. The van der Waals surface area contributed by atoms with Crippen molar-refractivity contribution in [2.45, 2.75) is 46.1 Å². The van der Waals surface area contributed by atoms with Crippen LogP contribution >= 0.6 is 34.4 Å². The zero-order valence-electron chi connectivity index (χ0n) is 21.5. The number of hydrogen-bond donors (Lipinski definition) is 1. The Hall–Kier alpha value is -2.96. The van der Waals surface area contributed by atoms with Gasteiger partial charge in [0.25, 0.3) is 5.91 Å². The second kappa shape index (κ2) is 12.7. The largest absolute Gasteiger partial charge is 0.465 e. The highest BCUT2D eigenvalue weighted by Gasteiger charge is 2.27. The number of hydrogen-bond acceptors (Lipinski definition) is 9. The maximum atomic E-state index is 12.7. The standard InChI is InChI=1S/C26H29N3O6S3/c1-4-29-17-11-10-15(24(32)34-3)12-19(17)38-26(29)28-21(31)14-36-13-20(30)27-23-22(25(33)35-5-2)16-8-6-7-9-18(16)37-23/h10-12H,4-9,13-14H2,1-3H3,(H,27,30). The number of aromatic nitrogens is 1. The van der Waals surface area contributed by atoms with E-state index in [9.17, 15) is 19.2 Å². The van der Waals surface area contributed by atoms with Crippen LogP contribution in [-0.2, 0) is 38.4 Å². The van der Waals surface area contributed by atoms with Crippen molar-refractivity contribution in [2.75, 3.05) is 30.5 Å². The van der Waals surface area contributed by atoms with Gasteiger partial charge in [0.15, 0.2) is 4.80 Å². The van der Waals surface area contributed by atoms with Crippen molar-refractivity contribution in [1.82, 2.24) is 4.57 Å². The Morgan fingerprint density at radius 3 is 2.61 bits per heavy atom. The van der Waals surface area contributed by atoms with Crippen LogP contribution in [0.25, 0.3) is 10.2 Å². The van der Waals surface area contributed by atoms with Crippen molar-refractivity contribution in [1.29, 1.82) is 0 Å². The van der Waals surface area contributed by atoms with Gasteiger partial charge in [-0.3, -0.25) is 9.59 Å².